The van der Waals surface area contributed by atoms with Crippen LogP contribution >= 0.6 is 0 Å². The summed E-state index contributed by atoms with van der Waals surface area (Å²) >= 11 is 0. The third kappa shape index (κ3) is 1.69. The first-order valence-corrected chi connectivity index (χ1v) is 4.74. The minimum absolute atomic E-state index is 0.484. The minimum Gasteiger partial charge on any atom is -0.346 e. The Kier molecular flexibility index (Phi) is 2.66. The summed E-state index contributed by atoms with van der Waals surface area (Å²) in [4.78, 5) is 0. The van der Waals surface area contributed by atoms with E-state index in [9.17, 15) is 0 Å². The predicted molar refractivity (Wildman–Crippen MR) is 57.0 cm³/mol. The molecule has 1 aromatic carbocycles. The molecule has 0 bridgehead atoms. The Morgan fingerprint density at radius 1 is 1.53 bits per heavy atom. The van der Waals surface area contributed by atoms with Gasteiger partial charge in [-0.05, 0) is 19.1 Å². The molecule has 0 saturated heterocycles. The first-order valence-electron chi connectivity index (χ1n) is 4.74. The van der Waals surface area contributed by atoms with Gasteiger partial charge < -0.3 is 4.74 Å². The number of ether oxygens (including phenoxy) is 1. The van der Waals surface area contributed by atoms with Crippen LogP contribution in [0, 0.1) is 12.3 Å². The van der Waals surface area contributed by atoms with E-state index in [1.165, 1.54) is 0 Å². The minimum atomic E-state index is -0.484. The molecular formula is C11H11N3O. The molecule has 2 aromatic rings. The second-order valence-corrected chi connectivity index (χ2v) is 3.00. The highest BCUT2D eigenvalue weighted by Crippen LogP contribution is 2.15. The third-order valence-corrected chi connectivity index (χ3v) is 2.07. The van der Waals surface area contributed by atoms with Gasteiger partial charge in [-0.2, -0.15) is 0 Å². The van der Waals surface area contributed by atoms with Gasteiger partial charge >= 0.3 is 0 Å². The van der Waals surface area contributed by atoms with E-state index in [4.69, 9.17) is 11.2 Å². The van der Waals surface area contributed by atoms with Crippen LogP contribution in [-0.2, 0) is 4.74 Å². The van der Waals surface area contributed by atoms with Gasteiger partial charge in [0.05, 0.1) is 5.52 Å². The van der Waals surface area contributed by atoms with E-state index < -0.39 is 6.23 Å². The lowest BCUT2D eigenvalue weighted by Gasteiger charge is -2.10. The van der Waals surface area contributed by atoms with Crippen molar-refractivity contribution in [2.24, 2.45) is 0 Å². The molecule has 0 radical (unpaired) electrons. The van der Waals surface area contributed by atoms with Crippen LogP contribution < -0.4 is 0 Å². The van der Waals surface area contributed by atoms with Gasteiger partial charge in [0.25, 0.3) is 0 Å². The largest absolute Gasteiger partial charge is 0.346 e. The van der Waals surface area contributed by atoms with Crippen LogP contribution in [0.1, 0.15) is 13.2 Å². The number of rotatable bonds is 3. The Balaban J connectivity index is 2.47. The van der Waals surface area contributed by atoms with Gasteiger partial charge in [0.15, 0.2) is 0 Å². The Labute approximate surface area is 87.8 Å². The molecule has 0 amide bonds. The van der Waals surface area contributed by atoms with E-state index in [2.05, 4.69) is 16.2 Å². The van der Waals surface area contributed by atoms with Gasteiger partial charge in [0.2, 0.25) is 6.23 Å². The van der Waals surface area contributed by atoms with E-state index in [1.807, 2.05) is 31.2 Å². The van der Waals surface area contributed by atoms with Crippen LogP contribution in [0.3, 0.4) is 0 Å². The SMILES string of the molecule is C#C[C@@H](OCC)n1nnc2ccccc21. The quantitative estimate of drug-likeness (QED) is 0.708. The maximum absolute atomic E-state index is 5.38. The Hall–Kier alpha value is -1.86. The summed E-state index contributed by atoms with van der Waals surface area (Å²) in [6.07, 6.45) is 4.89. The van der Waals surface area contributed by atoms with Crippen molar-refractivity contribution in [2.45, 2.75) is 13.2 Å². The highest BCUT2D eigenvalue weighted by atomic mass is 16.5. The highest BCUT2D eigenvalue weighted by molar-refractivity contribution is 5.74. The molecule has 1 heterocycles. The maximum Gasteiger partial charge on any atom is 0.215 e. The first kappa shape index (κ1) is 9.69. The van der Waals surface area contributed by atoms with Crippen LogP contribution in [-0.4, -0.2) is 21.6 Å². The zero-order valence-electron chi connectivity index (χ0n) is 8.42. The van der Waals surface area contributed by atoms with E-state index in [-0.39, 0.29) is 0 Å². The molecule has 1 aromatic heterocycles. The molecule has 1 atom stereocenters. The van der Waals surface area contributed by atoms with E-state index in [1.54, 1.807) is 4.68 Å². The van der Waals surface area contributed by atoms with Crippen molar-refractivity contribution in [3.63, 3.8) is 0 Å². The van der Waals surface area contributed by atoms with Crippen LogP contribution in [0.5, 0.6) is 0 Å². The fourth-order valence-corrected chi connectivity index (χ4v) is 1.41. The lowest BCUT2D eigenvalue weighted by molar-refractivity contribution is 0.0472. The summed E-state index contributed by atoms with van der Waals surface area (Å²) in [6, 6.07) is 7.63. The summed E-state index contributed by atoms with van der Waals surface area (Å²) in [5, 5.41) is 7.99. The second kappa shape index (κ2) is 4.11. The van der Waals surface area contributed by atoms with Gasteiger partial charge in [-0.15, -0.1) is 11.5 Å². The molecule has 0 unspecified atom stereocenters. The molecule has 0 aliphatic rings. The average Bonchev–Trinajstić information content (AvgIpc) is 2.70. The molecule has 2 rings (SSSR count). The molecule has 15 heavy (non-hydrogen) atoms. The number of hydrogen-bond donors (Lipinski definition) is 0. The average molecular weight is 201 g/mol. The molecule has 0 fully saturated rings. The molecule has 0 N–H and O–H groups in total. The summed E-state index contributed by atoms with van der Waals surface area (Å²) in [6.45, 7) is 2.44. The van der Waals surface area contributed by atoms with Crippen molar-refractivity contribution < 1.29 is 4.74 Å². The fraction of sp³-hybridized carbons (Fsp3) is 0.273. The molecule has 0 aliphatic heterocycles. The van der Waals surface area contributed by atoms with Gasteiger partial charge in [0, 0.05) is 6.61 Å². The smallest absolute Gasteiger partial charge is 0.215 e. The molecule has 76 valence electrons. The number of terminal acetylenes is 1. The predicted octanol–water partition coefficient (Wildman–Crippen LogP) is 1.60. The van der Waals surface area contributed by atoms with Crippen LogP contribution in [0.25, 0.3) is 11.0 Å². The number of benzene rings is 1. The molecule has 4 nitrogen and oxygen atoms in total. The molecule has 0 spiro atoms. The second-order valence-electron chi connectivity index (χ2n) is 3.00. The van der Waals surface area contributed by atoms with Crippen molar-refractivity contribution in [3.8, 4) is 12.3 Å². The number of nitrogens with zero attached hydrogens (tertiary/aromatic N) is 3. The van der Waals surface area contributed by atoms with Crippen LogP contribution in [0.2, 0.25) is 0 Å². The highest BCUT2D eigenvalue weighted by Gasteiger charge is 2.11. The maximum atomic E-state index is 5.38. The van der Waals surface area contributed by atoms with Crippen molar-refractivity contribution in [3.05, 3.63) is 24.3 Å². The topological polar surface area (TPSA) is 39.9 Å². The number of aromatic nitrogens is 3. The third-order valence-electron chi connectivity index (χ3n) is 2.07. The zero-order valence-corrected chi connectivity index (χ0v) is 8.42. The first-order chi connectivity index (χ1) is 7.36. The Morgan fingerprint density at radius 3 is 3.07 bits per heavy atom. The summed E-state index contributed by atoms with van der Waals surface area (Å²) in [5.74, 6) is 2.54. The zero-order chi connectivity index (χ0) is 10.7. The summed E-state index contributed by atoms with van der Waals surface area (Å²) in [7, 11) is 0. The van der Waals surface area contributed by atoms with Crippen molar-refractivity contribution >= 4 is 11.0 Å². The Bertz CT molecular complexity index is 498. The van der Waals surface area contributed by atoms with Crippen molar-refractivity contribution in [1.29, 1.82) is 0 Å². The molecule has 4 heteroatoms. The van der Waals surface area contributed by atoms with E-state index in [0.29, 0.717) is 6.61 Å². The van der Waals surface area contributed by atoms with Crippen LogP contribution in [0.15, 0.2) is 24.3 Å². The summed E-state index contributed by atoms with van der Waals surface area (Å²) in [5.41, 5.74) is 1.70. The molecular weight excluding hydrogens is 190 g/mol. The Morgan fingerprint density at radius 2 is 2.33 bits per heavy atom. The van der Waals surface area contributed by atoms with Crippen molar-refractivity contribution in [1.82, 2.24) is 15.0 Å². The van der Waals surface area contributed by atoms with Gasteiger partial charge in [-0.25, -0.2) is 4.68 Å². The lowest BCUT2D eigenvalue weighted by Crippen LogP contribution is -2.12. The number of fused-ring (bicyclic) bond motifs is 1. The fourth-order valence-electron chi connectivity index (χ4n) is 1.41. The lowest BCUT2D eigenvalue weighted by atomic mass is 10.3. The standard InChI is InChI=1S/C11H11N3O/c1-3-11(15-4-2)14-10-8-6-5-7-9(10)12-13-14/h1,5-8,11H,4H2,2H3/t11-/m1/s1. The molecule has 0 saturated carbocycles. The number of hydrogen-bond acceptors (Lipinski definition) is 3. The van der Waals surface area contributed by atoms with Crippen molar-refractivity contribution in [2.75, 3.05) is 6.61 Å². The van der Waals surface area contributed by atoms with E-state index in [0.717, 1.165) is 11.0 Å². The monoisotopic (exact) mass is 201 g/mol. The van der Waals surface area contributed by atoms with Gasteiger partial charge in [0.1, 0.15) is 5.52 Å². The van der Waals surface area contributed by atoms with Gasteiger partial charge in [-0.3, -0.25) is 0 Å². The summed E-state index contributed by atoms with van der Waals surface area (Å²) < 4.78 is 6.98. The normalized spacial score (nSPS) is 12.5. The molecule has 0 aliphatic carbocycles. The van der Waals surface area contributed by atoms with E-state index >= 15 is 0 Å². The number of para-hydroxylation sites is 1. The van der Waals surface area contributed by atoms with Crippen LogP contribution in [0.4, 0.5) is 0 Å². The van der Waals surface area contributed by atoms with Gasteiger partial charge in [-0.1, -0.05) is 23.3 Å².